The van der Waals surface area contributed by atoms with E-state index in [1.807, 2.05) is 43.3 Å². The number of nitrogens with zero attached hydrogens (tertiary/aromatic N) is 1. The van der Waals surface area contributed by atoms with Crippen LogP contribution >= 0.6 is 11.3 Å². The average molecular weight is 383 g/mol. The van der Waals surface area contributed by atoms with Crippen molar-refractivity contribution in [2.45, 2.75) is 20.8 Å². The summed E-state index contributed by atoms with van der Waals surface area (Å²) in [6.45, 7) is 6.70. The summed E-state index contributed by atoms with van der Waals surface area (Å²) in [4.78, 5) is 15.8. The summed E-state index contributed by atoms with van der Waals surface area (Å²) in [7, 11) is 0. The number of rotatable bonds is 7. The average Bonchev–Trinajstić information content (AvgIpc) is 3.04. The fourth-order valence-corrected chi connectivity index (χ4v) is 3.51. The minimum Gasteiger partial charge on any atom is -0.490 e. The summed E-state index contributed by atoms with van der Waals surface area (Å²) in [5, 5.41) is 9.83. The first-order valence-electron chi connectivity index (χ1n) is 8.58. The van der Waals surface area contributed by atoms with Gasteiger partial charge in [-0.3, -0.25) is 0 Å². The molecule has 0 amide bonds. The second kappa shape index (κ2) is 8.22. The van der Waals surface area contributed by atoms with Crippen LogP contribution < -0.4 is 9.47 Å². The number of aromatic nitrogens is 1. The van der Waals surface area contributed by atoms with Crippen LogP contribution in [0.15, 0.2) is 42.5 Å². The molecule has 0 aliphatic carbocycles. The zero-order valence-electron chi connectivity index (χ0n) is 15.5. The van der Waals surface area contributed by atoms with Crippen molar-refractivity contribution in [3.8, 4) is 22.1 Å². The molecule has 27 heavy (non-hydrogen) atoms. The van der Waals surface area contributed by atoms with E-state index in [4.69, 9.17) is 14.6 Å². The van der Waals surface area contributed by atoms with Crippen LogP contribution in [-0.2, 0) is 0 Å². The first-order chi connectivity index (χ1) is 13.0. The molecule has 0 atom stereocenters. The Balaban J connectivity index is 1.56. The molecule has 140 valence electrons. The summed E-state index contributed by atoms with van der Waals surface area (Å²) in [5.41, 5.74) is 3.75. The highest BCUT2D eigenvalue weighted by molar-refractivity contribution is 7.17. The topological polar surface area (TPSA) is 68.7 Å². The number of hydrogen-bond acceptors (Lipinski definition) is 5. The molecule has 0 unspecified atom stereocenters. The van der Waals surface area contributed by atoms with Crippen molar-refractivity contribution < 1.29 is 19.4 Å². The number of carboxylic acids is 1. The van der Waals surface area contributed by atoms with Gasteiger partial charge in [0.15, 0.2) is 0 Å². The molecule has 0 aliphatic rings. The zero-order valence-corrected chi connectivity index (χ0v) is 16.3. The highest BCUT2D eigenvalue weighted by atomic mass is 32.1. The molecule has 1 heterocycles. The van der Waals surface area contributed by atoms with Crippen LogP contribution in [0.3, 0.4) is 0 Å². The number of carboxylic acid groups (broad SMARTS) is 1. The van der Waals surface area contributed by atoms with Gasteiger partial charge in [-0.2, -0.15) is 0 Å². The molecular formula is C21H21NO4S. The lowest BCUT2D eigenvalue weighted by molar-refractivity contribution is 0.0701. The Morgan fingerprint density at radius 3 is 2.41 bits per heavy atom. The second-order valence-electron chi connectivity index (χ2n) is 6.16. The maximum absolute atomic E-state index is 11.1. The van der Waals surface area contributed by atoms with E-state index in [9.17, 15) is 4.79 Å². The summed E-state index contributed by atoms with van der Waals surface area (Å²) >= 11 is 1.18. The minimum atomic E-state index is -0.944. The van der Waals surface area contributed by atoms with Crippen LogP contribution in [0.1, 0.15) is 26.5 Å². The lowest BCUT2D eigenvalue weighted by atomic mass is 10.1. The molecule has 5 nitrogen and oxygen atoms in total. The van der Waals surface area contributed by atoms with Crippen molar-refractivity contribution in [2.24, 2.45) is 0 Å². The van der Waals surface area contributed by atoms with E-state index in [2.05, 4.69) is 18.0 Å². The van der Waals surface area contributed by atoms with Crippen LogP contribution in [0.2, 0.25) is 0 Å². The molecule has 0 spiro atoms. The van der Waals surface area contributed by atoms with E-state index in [1.165, 1.54) is 16.9 Å². The van der Waals surface area contributed by atoms with Crippen LogP contribution in [0.4, 0.5) is 0 Å². The predicted molar refractivity (Wildman–Crippen MR) is 106 cm³/mol. The Bertz CT molecular complexity index is 947. The lowest BCUT2D eigenvalue weighted by Crippen LogP contribution is -2.09. The maximum atomic E-state index is 11.1. The van der Waals surface area contributed by atoms with Crippen LogP contribution in [0.5, 0.6) is 11.5 Å². The van der Waals surface area contributed by atoms with E-state index in [1.54, 1.807) is 6.92 Å². The van der Waals surface area contributed by atoms with Crippen LogP contribution in [0.25, 0.3) is 10.6 Å². The number of aryl methyl sites for hydroxylation is 2. The van der Waals surface area contributed by atoms with Gasteiger partial charge in [-0.15, -0.1) is 11.3 Å². The molecule has 2 aromatic carbocycles. The fraction of sp³-hybridized carbons (Fsp3) is 0.238. The molecule has 6 heteroatoms. The second-order valence-corrected chi connectivity index (χ2v) is 7.16. The smallest absolute Gasteiger partial charge is 0.347 e. The molecule has 0 saturated carbocycles. The van der Waals surface area contributed by atoms with Crippen molar-refractivity contribution in [2.75, 3.05) is 13.2 Å². The van der Waals surface area contributed by atoms with Crippen LogP contribution in [0, 0.1) is 20.8 Å². The quantitative estimate of drug-likeness (QED) is 0.588. The van der Waals surface area contributed by atoms with E-state index < -0.39 is 5.97 Å². The zero-order chi connectivity index (χ0) is 19.4. The van der Waals surface area contributed by atoms with E-state index in [-0.39, 0.29) is 4.88 Å². The minimum absolute atomic E-state index is 0.272. The number of carbonyl (C=O) groups is 1. The fourth-order valence-electron chi connectivity index (χ4n) is 2.60. The van der Waals surface area contributed by atoms with Gasteiger partial charge in [-0.05, 0) is 62.2 Å². The number of thiazole rings is 1. The highest BCUT2D eigenvalue weighted by Gasteiger charge is 2.15. The molecule has 1 N–H and O–H groups in total. The molecule has 0 aliphatic heterocycles. The number of benzene rings is 2. The van der Waals surface area contributed by atoms with Gasteiger partial charge in [0.25, 0.3) is 0 Å². The van der Waals surface area contributed by atoms with E-state index in [0.29, 0.717) is 23.9 Å². The van der Waals surface area contributed by atoms with Gasteiger partial charge in [0.05, 0.1) is 5.69 Å². The van der Waals surface area contributed by atoms with Crippen molar-refractivity contribution in [3.63, 3.8) is 0 Å². The monoisotopic (exact) mass is 383 g/mol. The van der Waals surface area contributed by atoms with Crippen molar-refractivity contribution >= 4 is 17.3 Å². The molecular weight excluding hydrogens is 362 g/mol. The van der Waals surface area contributed by atoms with Crippen molar-refractivity contribution in [3.05, 3.63) is 64.2 Å². The largest absolute Gasteiger partial charge is 0.490 e. The van der Waals surface area contributed by atoms with Crippen molar-refractivity contribution in [1.82, 2.24) is 4.98 Å². The Morgan fingerprint density at radius 2 is 1.74 bits per heavy atom. The Morgan fingerprint density at radius 1 is 1.04 bits per heavy atom. The van der Waals surface area contributed by atoms with E-state index >= 15 is 0 Å². The molecule has 0 bridgehead atoms. The number of aromatic carboxylic acids is 1. The van der Waals surface area contributed by atoms with Gasteiger partial charge in [-0.25, -0.2) is 9.78 Å². The van der Waals surface area contributed by atoms with Crippen LogP contribution in [-0.4, -0.2) is 29.3 Å². The maximum Gasteiger partial charge on any atom is 0.347 e. The van der Waals surface area contributed by atoms with Crippen molar-refractivity contribution in [1.29, 1.82) is 0 Å². The highest BCUT2D eigenvalue weighted by Crippen LogP contribution is 2.29. The summed E-state index contributed by atoms with van der Waals surface area (Å²) in [6.07, 6.45) is 0. The summed E-state index contributed by atoms with van der Waals surface area (Å²) < 4.78 is 11.5. The first kappa shape index (κ1) is 18.9. The van der Waals surface area contributed by atoms with E-state index in [0.717, 1.165) is 22.6 Å². The van der Waals surface area contributed by atoms with Gasteiger partial charge < -0.3 is 14.6 Å². The van der Waals surface area contributed by atoms with Gasteiger partial charge >= 0.3 is 5.97 Å². The normalized spacial score (nSPS) is 10.6. The Hall–Kier alpha value is -2.86. The first-order valence-corrected chi connectivity index (χ1v) is 9.40. The Labute approximate surface area is 162 Å². The lowest BCUT2D eigenvalue weighted by Gasteiger charge is -2.11. The molecule has 1 aromatic heterocycles. The van der Waals surface area contributed by atoms with Gasteiger partial charge in [-0.1, -0.05) is 12.1 Å². The van der Waals surface area contributed by atoms with Gasteiger partial charge in [0.2, 0.25) is 0 Å². The molecule has 3 rings (SSSR count). The molecule has 3 aromatic rings. The predicted octanol–water partition coefficient (Wildman–Crippen LogP) is 4.89. The molecule has 0 saturated heterocycles. The SMILES string of the molecule is Cc1cccc(OCCOc2ccc(-c3nc(C)c(C(=O)O)s3)cc2)c1C. The Kier molecular flexibility index (Phi) is 5.76. The third-order valence-electron chi connectivity index (χ3n) is 4.26. The van der Waals surface area contributed by atoms with Gasteiger partial charge in [0.1, 0.15) is 34.6 Å². The molecule has 0 radical (unpaired) electrons. The number of ether oxygens (including phenoxy) is 2. The standard InChI is InChI=1S/C21H21NO4S/c1-13-5-4-6-18(14(13)2)26-12-11-25-17-9-7-16(8-10-17)20-22-15(3)19(27-20)21(23)24/h4-10H,11-12H2,1-3H3,(H,23,24). The summed E-state index contributed by atoms with van der Waals surface area (Å²) in [6, 6.07) is 13.5. The van der Waals surface area contributed by atoms with Gasteiger partial charge in [0, 0.05) is 5.56 Å². The third kappa shape index (κ3) is 4.46. The summed E-state index contributed by atoms with van der Waals surface area (Å²) in [5.74, 6) is 0.664. The third-order valence-corrected chi connectivity index (χ3v) is 5.45. The number of hydrogen-bond donors (Lipinski definition) is 1. The molecule has 0 fully saturated rings.